The van der Waals surface area contributed by atoms with Crippen LogP contribution in [0.3, 0.4) is 0 Å². The van der Waals surface area contributed by atoms with Gasteiger partial charge in [-0.1, -0.05) is 6.92 Å². The summed E-state index contributed by atoms with van der Waals surface area (Å²) in [7, 11) is 0. The van der Waals surface area contributed by atoms with Crippen molar-refractivity contribution >= 4 is 5.97 Å². The van der Waals surface area contributed by atoms with Crippen LogP contribution in [0.15, 0.2) is 0 Å². The number of esters is 1. The summed E-state index contributed by atoms with van der Waals surface area (Å²) in [4.78, 5) is 10.7. The van der Waals surface area contributed by atoms with Crippen molar-refractivity contribution in [3.8, 4) is 0 Å². The molecule has 1 fully saturated rings. The van der Waals surface area contributed by atoms with Gasteiger partial charge in [0.2, 0.25) is 0 Å². The highest BCUT2D eigenvalue weighted by atomic mass is 16.7. The highest BCUT2D eigenvalue weighted by Gasteiger charge is 2.35. The fourth-order valence-electron chi connectivity index (χ4n) is 1.20. The molecule has 1 heterocycles. The van der Waals surface area contributed by atoms with E-state index in [1.54, 1.807) is 0 Å². The van der Waals surface area contributed by atoms with Gasteiger partial charge in [0.15, 0.2) is 5.60 Å². The van der Waals surface area contributed by atoms with Crippen molar-refractivity contribution in [2.75, 3.05) is 20.0 Å². The van der Waals surface area contributed by atoms with Crippen molar-refractivity contribution < 1.29 is 19.0 Å². The zero-order valence-corrected chi connectivity index (χ0v) is 7.46. The molecule has 4 nitrogen and oxygen atoms in total. The maximum Gasteiger partial charge on any atom is 0.303 e. The molecule has 1 rings (SSSR count). The topological polar surface area (TPSA) is 44.8 Å². The number of carbonyl (C=O) groups excluding carboxylic acids is 1. The summed E-state index contributed by atoms with van der Waals surface area (Å²) in [5, 5.41) is 0. The van der Waals surface area contributed by atoms with Crippen LogP contribution in [0.5, 0.6) is 0 Å². The van der Waals surface area contributed by atoms with Crippen molar-refractivity contribution in [1.82, 2.24) is 0 Å². The van der Waals surface area contributed by atoms with E-state index in [1.807, 2.05) is 6.92 Å². The number of hydrogen-bond donors (Lipinski definition) is 0. The Balaban J connectivity index is 2.53. The maximum atomic E-state index is 10.7. The van der Waals surface area contributed by atoms with Gasteiger partial charge in [-0.15, -0.1) is 0 Å². The second kappa shape index (κ2) is 3.87. The van der Waals surface area contributed by atoms with Crippen LogP contribution in [0, 0.1) is 0 Å². The SMILES string of the molecule is CCC1(OC(C)=O)COCOC1. The van der Waals surface area contributed by atoms with Crippen molar-refractivity contribution in [2.45, 2.75) is 25.9 Å². The molecular weight excluding hydrogens is 160 g/mol. The van der Waals surface area contributed by atoms with E-state index in [0.29, 0.717) is 26.4 Å². The molecule has 0 aliphatic carbocycles. The van der Waals surface area contributed by atoms with Crippen LogP contribution in [0.4, 0.5) is 0 Å². The quantitative estimate of drug-likeness (QED) is 0.578. The normalized spacial score (nSPS) is 21.8. The Morgan fingerprint density at radius 3 is 2.50 bits per heavy atom. The van der Waals surface area contributed by atoms with Gasteiger partial charge in [-0.2, -0.15) is 0 Å². The summed E-state index contributed by atoms with van der Waals surface area (Å²) in [6.45, 7) is 4.50. The molecule has 1 saturated heterocycles. The first kappa shape index (κ1) is 9.48. The highest BCUT2D eigenvalue weighted by Crippen LogP contribution is 2.20. The lowest BCUT2D eigenvalue weighted by Crippen LogP contribution is -2.47. The maximum absolute atomic E-state index is 10.7. The second-order valence-corrected chi connectivity index (χ2v) is 2.94. The number of rotatable bonds is 2. The summed E-state index contributed by atoms with van der Waals surface area (Å²) >= 11 is 0. The van der Waals surface area contributed by atoms with Gasteiger partial charge < -0.3 is 14.2 Å². The molecule has 0 bridgehead atoms. The molecule has 70 valence electrons. The number of hydrogen-bond acceptors (Lipinski definition) is 4. The smallest absolute Gasteiger partial charge is 0.303 e. The van der Waals surface area contributed by atoms with Gasteiger partial charge in [0.1, 0.15) is 6.79 Å². The summed E-state index contributed by atoms with van der Waals surface area (Å²) in [5.41, 5.74) is -0.552. The average molecular weight is 174 g/mol. The van der Waals surface area contributed by atoms with Gasteiger partial charge in [0.25, 0.3) is 0 Å². The molecule has 0 N–H and O–H groups in total. The summed E-state index contributed by atoms with van der Waals surface area (Å²) < 4.78 is 15.3. The minimum atomic E-state index is -0.552. The first-order valence-electron chi connectivity index (χ1n) is 4.03. The molecule has 0 amide bonds. The Labute approximate surface area is 71.8 Å². The molecule has 0 radical (unpaired) electrons. The van der Waals surface area contributed by atoms with Crippen LogP contribution in [-0.4, -0.2) is 31.6 Å². The summed E-state index contributed by atoms with van der Waals surface area (Å²) in [5.74, 6) is -0.286. The Morgan fingerprint density at radius 2 is 2.08 bits per heavy atom. The van der Waals surface area contributed by atoms with E-state index in [1.165, 1.54) is 6.92 Å². The third-order valence-electron chi connectivity index (χ3n) is 1.90. The number of carbonyl (C=O) groups is 1. The third-order valence-corrected chi connectivity index (χ3v) is 1.90. The van der Waals surface area contributed by atoms with Gasteiger partial charge in [-0.05, 0) is 6.42 Å². The van der Waals surface area contributed by atoms with E-state index in [2.05, 4.69) is 0 Å². The molecule has 4 heteroatoms. The molecule has 0 aromatic rings. The van der Waals surface area contributed by atoms with Crippen LogP contribution in [0.25, 0.3) is 0 Å². The Kier molecular flexibility index (Phi) is 3.05. The van der Waals surface area contributed by atoms with E-state index >= 15 is 0 Å². The van der Waals surface area contributed by atoms with Crippen LogP contribution in [-0.2, 0) is 19.0 Å². The van der Waals surface area contributed by atoms with E-state index in [-0.39, 0.29) is 5.97 Å². The van der Waals surface area contributed by atoms with Crippen molar-refractivity contribution in [1.29, 1.82) is 0 Å². The molecule has 1 aliphatic rings. The minimum Gasteiger partial charge on any atom is -0.454 e. The first-order valence-corrected chi connectivity index (χ1v) is 4.03. The third kappa shape index (κ3) is 2.19. The molecule has 0 saturated carbocycles. The fraction of sp³-hybridized carbons (Fsp3) is 0.875. The zero-order valence-electron chi connectivity index (χ0n) is 7.46. The van der Waals surface area contributed by atoms with Crippen molar-refractivity contribution in [3.63, 3.8) is 0 Å². The standard InChI is InChI=1S/C8H14O4/c1-3-8(12-7(2)9)4-10-6-11-5-8/h3-6H2,1-2H3. The van der Waals surface area contributed by atoms with Crippen molar-refractivity contribution in [2.24, 2.45) is 0 Å². The Morgan fingerprint density at radius 1 is 1.50 bits per heavy atom. The van der Waals surface area contributed by atoms with E-state index < -0.39 is 5.60 Å². The molecular formula is C8H14O4. The lowest BCUT2D eigenvalue weighted by molar-refractivity contribution is -0.219. The average Bonchev–Trinajstić information content (AvgIpc) is 2.05. The first-order chi connectivity index (χ1) is 5.68. The highest BCUT2D eigenvalue weighted by molar-refractivity contribution is 5.66. The van der Waals surface area contributed by atoms with Gasteiger partial charge in [0, 0.05) is 6.92 Å². The monoisotopic (exact) mass is 174 g/mol. The molecule has 0 spiro atoms. The molecule has 12 heavy (non-hydrogen) atoms. The molecule has 1 aliphatic heterocycles. The summed E-state index contributed by atoms with van der Waals surface area (Å²) in [6, 6.07) is 0. The van der Waals surface area contributed by atoms with E-state index in [4.69, 9.17) is 14.2 Å². The van der Waals surface area contributed by atoms with Crippen LogP contribution >= 0.6 is 0 Å². The fourth-order valence-corrected chi connectivity index (χ4v) is 1.20. The zero-order chi connectivity index (χ0) is 9.03. The van der Waals surface area contributed by atoms with Crippen LogP contribution in [0.2, 0.25) is 0 Å². The van der Waals surface area contributed by atoms with Crippen LogP contribution in [0.1, 0.15) is 20.3 Å². The van der Waals surface area contributed by atoms with Crippen molar-refractivity contribution in [3.05, 3.63) is 0 Å². The largest absolute Gasteiger partial charge is 0.454 e. The van der Waals surface area contributed by atoms with E-state index in [9.17, 15) is 4.79 Å². The minimum absolute atomic E-state index is 0.286. The lowest BCUT2D eigenvalue weighted by atomic mass is 10.0. The Hall–Kier alpha value is -0.610. The van der Waals surface area contributed by atoms with Gasteiger partial charge in [0.05, 0.1) is 13.2 Å². The molecule has 0 aromatic carbocycles. The lowest BCUT2D eigenvalue weighted by Gasteiger charge is -2.34. The van der Waals surface area contributed by atoms with Gasteiger partial charge in [-0.25, -0.2) is 0 Å². The predicted molar refractivity (Wildman–Crippen MR) is 41.6 cm³/mol. The van der Waals surface area contributed by atoms with E-state index in [0.717, 1.165) is 0 Å². The molecule has 0 aromatic heterocycles. The van der Waals surface area contributed by atoms with Gasteiger partial charge in [-0.3, -0.25) is 4.79 Å². The summed E-state index contributed by atoms with van der Waals surface area (Å²) in [6.07, 6.45) is 0.715. The molecule has 0 atom stereocenters. The second-order valence-electron chi connectivity index (χ2n) is 2.94. The van der Waals surface area contributed by atoms with Crippen LogP contribution < -0.4 is 0 Å². The molecule has 0 unspecified atom stereocenters. The number of ether oxygens (including phenoxy) is 3. The Bertz CT molecular complexity index is 160. The van der Waals surface area contributed by atoms with Gasteiger partial charge >= 0.3 is 5.97 Å². The predicted octanol–water partition coefficient (Wildman–Crippen LogP) is 0.703.